The summed E-state index contributed by atoms with van der Waals surface area (Å²) in [6, 6.07) is 8.22. The molecule has 0 radical (unpaired) electrons. The number of esters is 2. The first kappa shape index (κ1) is 31.3. The third kappa shape index (κ3) is 8.57. The Morgan fingerprint density at radius 3 is 1.95 bits per heavy atom. The predicted octanol–water partition coefficient (Wildman–Crippen LogP) is 7.01. The maximum atomic E-state index is 13.0. The number of carbonyl (C=O) groups is 3. The summed E-state index contributed by atoms with van der Waals surface area (Å²) in [6.45, 7) is 14.7. The second kappa shape index (κ2) is 13.3. The van der Waals surface area contributed by atoms with Gasteiger partial charge < -0.3 is 18.9 Å². The number of ether oxygens (including phenoxy) is 4. The predicted molar refractivity (Wildman–Crippen MR) is 153 cm³/mol. The molecule has 0 amide bonds. The van der Waals surface area contributed by atoms with Crippen LogP contribution in [0.4, 0.5) is 0 Å². The molecule has 0 aliphatic heterocycles. The lowest BCUT2D eigenvalue weighted by Crippen LogP contribution is -2.26. The summed E-state index contributed by atoms with van der Waals surface area (Å²) < 4.78 is 22.8. The number of carbonyl (C=O) groups excluding carboxylic acids is 3. The Balaban J connectivity index is 2.47. The van der Waals surface area contributed by atoms with Gasteiger partial charge in [-0.15, -0.1) is 0 Å². The van der Waals surface area contributed by atoms with E-state index >= 15 is 0 Å². The number of hydrogen-bond donors (Lipinski definition) is 0. The van der Waals surface area contributed by atoms with E-state index in [4.69, 9.17) is 18.9 Å². The number of rotatable bonds is 10. The molecule has 0 saturated heterocycles. The molecular formula is C32H40O7. The van der Waals surface area contributed by atoms with Crippen molar-refractivity contribution in [2.24, 2.45) is 10.8 Å². The summed E-state index contributed by atoms with van der Waals surface area (Å²) in [4.78, 5) is 37.9. The second-order valence-electron chi connectivity index (χ2n) is 11.0. The minimum Gasteiger partial charge on any atom is -0.490 e. The van der Waals surface area contributed by atoms with Gasteiger partial charge >= 0.3 is 11.9 Å². The first-order valence-corrected chi connectivity index (χ1v) is 13.0. The standard InChI is InChI=1S/C32H40O7/c1-10-12-13-22-20-23(26(37-11-2)28(36-9)27(22)39-30(35)32(6,7)8)16-19-25(33)21-14-17-24(18-15-21)38-29(34)31(3,4)5/h10,12,14-20H,11,13H2,1-9H3. The Labute approximate surface area is 231 Å². The van der Waals surface area contributed by atoms with Gasteiger partial charge in [0.2, 0.25) is 5.75 Å². The van der Waals surface area contributed by atoms with Crippen LogP contribution in [0.15, 0.2) is 48.6 Å². The zero-order valence-corrected chi connectivity index (χ0v) is 24.5. The van der Waals surface area contributed by atoms with Gasteiger partial charge in [-0.2, -0.15) is 0 Å². The minimum atomic E-state index is -0.722. The van der Waals surface area contributed by atoms with E-state index in [2.05, 4.69) is 0 Å². The third-order valence-corrected chi connectivity index (χ3v) is 5.55. The lowest BCUT2D eigenvalue weighted by molar-refractivity contribution is -0.143. The first-order chi connectivity index (χ1) is 18.2. The maximum absolute atomic E-state index is 13.0. The molecule has 0 atom stereocenters. The molecule has 7 heteroatoms. The van der Waals surface area contributed by atoms with Crippen molar-refractivity contribution in [3.05, 3.63) is 65.3 Å². The van der Waals surface area contributed by atoms with Gasteiger partial charge in [-0.1, -0.05) is 12.2 Å². The van der Waals surface area contributed by atoms with E-state index in [1.165, 1.54) is 13.2 Å². The van der Waals surface area contributed by atoms with E-state index < -0.39 is 16.8 Å². The summed E-state index contributed by atoms with van der Waals surface area (Å²) in [5, 5.41) is 0. The molecule has 0 aliphatic carbocycles. The summed E-state index contributed by atoms with van der Waals surface area (Å²) in [7, 11) is 1.48. The molecule has 2 aromatic rings. The lowest BCUT2D eigenvalue weighted by atomic mass is 9.97. The van der Waals surface area contributed by atoms with Gasteiger partial charge in [0.1, 0.15) is 5.75 Å². The third-order valence-electron chi connectivity index (χ3n) is 5.55. The quantitative estimate of drug-likeness (QED) is 0.106. The van der Waals surface area contributed by atoms with Crippen molar-refractivity contribution >= 4 is 23.8 Å². The second-order valence-corrected chi connectivity index (χ2v) is 11.0. The van der Waals surface area contributed by atoms with Gasteiger partial charge in [-0.25, -0.2) is 0 Å². The molecule has 0 aromatic heterocycles. The maximum Gasteiger partial charge on any atom is 0.316 e. The Kier molecular flexibility index (Phi) is 10.7. The van der Waals surface area contributed by atoms with Crippen LogP contribution in [0.1, 0.15) is 76.9 Å². The highest BCUT2D eigenvalue weighted by molar-refractivity contribution is 6.07. The molecule has 0 unspecified atom stereocenters. The molecule has 2 aromatic carbocycles. The fourth-order valence-electron chi connectivity index (χ4n) is 3.26. The van der Waals surface area contributed by atoms with Crippen molar-refractivity contribution in [1.29, 1.82) is 0 Å². The van der Waals surface area contributed by atoms with Crippen LogP contribution in [0, 0.1) is 10.8 Å². The largest absolute Gasteiger partial charge is 0.490 e. The molecule has 7 nitrogen and oxygen atoms in total. The van der Waals surface area contributed by atoms with Crippen LogP contribution < -0.4 is 18.9 Å². The molecule has 39 heavy (non-hydrogen) atoms. The number of ketones is 1. The van der Waals surface area contributed by atoms with Crippen LogP contribution in [0.25, 0.3) is 6.08 Å². The zero-order valence-electron chi connectivity index (χ0n) is 24.5. The van der Waals surface area contributed by atoms with Gasteiger partial charge in [0.25, 0.3) is 0 Å². The van der Waals surface area contributed by atoms with Gasteiger partial charge in [-0.05, 0) is 104 Å². The highest BCUT2D eigenvalue weighted by Gasteiger charge is 2.29. The van der Waals surface area contributed by atoms with Crippen molar-refractivity contribution in [3.8, 4) is 23.0 Å². The molecule has 210 valence electrons. The van der Waals surface area contributed by atoms with E-state index in [-0.39, 0.29) is 17.5 Å². The number of benzene rings is 2. The average molecular weight is 537 g/mol. The number of allylic oxidation sites excluding steroid dienone is 3. The van der Waals surface area contributed by atoms with Crippen LogP contribution in [0.5, 0.6) is 23.0 Å². The van der Waals surface area contributed by atoms with Crippen molar-refractivity contribution in [1.82, 2.24) is 0 Å². The van der Waals surface area contributed by atoms with Gasteiger partial charge in [-0.3, -0.25) is 14.4 Å². The van der Waals surface area contributed by atoms with Crippen LogP contribution in [0.3, 0.4) is 0 Å². The average Bonchev–Trinajstić information content (AvgIpc) is 2.86. The Bertz CT molecular complexity index is 1240. The first-order valence-electron chi connectivity index (χ1n) is 13.0. The van der Waals surface area contributed by atoms with E-state index in [0.29, 0.717) is 47.0 Å². The van der Waals surface area contributed by atoms with Crippen LogP contribution in [0.2, 0.25) is 0 Å². The van der Waals surface area contributed by atoms with Gasteiger partial charge in [0.15, 0.2) is 17.3 Å². The molecule has 0 N–H and O–H groups in total. The van der Waals surface area contributed by atoms with E-state index in [1.807, 2.05) is 32.1 Å². The summed E-state index contributed by atoms with van der Waals surface area (Å²) in [5.74, 6) is 0.311. The van der Waals surface area contributed by atoms with Gasteiger partial charge in [0.05, 0.1) is 24.5 Å². The zero-order chi connectivity index (χ0) is 29.4. The SMILES string of the molecule is CC=CCc1cc(C=CC(=O)c2ccc(OC(=O)C(C)(C)C)cc2)c(OCC)c(OC)c1OC(=O)C(C)(C)C. The summed E-state index contributed by atoms with van der Waals surface area (Å²) in [6.07, 6.45) is 7.41. The Hall–Kier alpha value is -3.87. The monoisotopic (exact) mass is 536 g/mol. The lowest BCUT2D eigenvalue weighted by Gasteiger charge is -2.22. The van der Waals surface area contributed by atoms with Crippen molar-refractivity contribution in [3.63, 3.8) is 0 Å². The van der Waals surface area contributed by atoms with E-state index in [9.17, 15) is 14.4 Å². The van der Waals surface area contributed by atoms with Crippen LogP contribution in [-0.2, 0) is 16.0 Å². The molecule has 2 rings (SSSR count). The van der Waals surface area contributed by atoms with E-state index in [0.717, 1.165) is 0 Å². The van der Waals surface area contributed by atoms with Crippen LogP contribution >= 0.6 is 0 Å². The minimum absolute atomic E-state index is 0.247. The van der Waals surface area contributed by atoms with Gasteiger partial charge in [0, 0.05) is 16.7 Å². The normalized spacial score (nSPS) is 12.0. The molecule has 0 saturated carbocycles. The molecule has 0 fully saturated rings. The summed E-state index contributed by atoms with van der Waals surface area (Å²) in [5.41, 5.74) is 0.385. The van der Waals surface area contributed by atoms with Crippen molar-refractivity contribution in [2.75, 3.05) is 13.7 Å². The van der Waals surface area contributed by atoms with Crippen LogP contribution in [-0.4, -0.2) is 31.4 Å². The van der Waals surface area contributed by atoms with Crippen molar-refractivity contribution in [2.45, 2.75) is 61.8 Å². The highest BCUT2D eigenvalue weighted by atomic mass is 16.6. The molecular weight excluding hydrogens is 496 g/mol. The topological polar surface area (TPSA) is 88.1 Å². The molecule has 0 aliphatic rings. The molecule has 0 spiro atoms. The highest BCUT2D eigenvalue weighted by Crippen LogP contribution is 2.45. The Morgan fingerprint density at radius 1 is 0.846 bits per heavy atom. The van der Waals surface area contributed by atoms with E-state index in [1.54, 1.807) is 71.9 Å². The number of methoxy groups -OCH3 is 1. The number of hydrogen-bond acceptors (Lipinski definition) is 7. The molecule has 0 bridgehead atoms. The fourth-order valence-corrected chi connectivity index (χ4v) is 3.26. The summed E-state index contributed by atoms with van der Waals surface area (Å²) >= 11 is 0. The fraction of sp³-hybridized carbons (Fsp3) is 0.406. The van der Waals surface area contributed by atoms with Crippen molar-refractivity contribution < 1.29 is 33.3 Å². The Morgan fingerprint density at radius 2 is 1.44 bits per heavy atom. The smallest absolute Gasteiger partial charge is 0.316 e. The molecule has 0 heterocycles.